The third-order valence-electron chi connectivity index (χ3n) is 3.50. The SMILES string of the molecule is CCOC(=O)C(CC(C)CO)(C(=O)O)c1ccc(C)cc1. The standard InChI is InChI=1S/C16H22O5/c1-4-21-15(20)16(14(18)19,9-12(3)10-17)13-7-5-11(2)6-8-13/h5-8,12,17H,4,9-10H2,1-3H3,(H,18,19). The number of esters is 1. The van der Waals surface area contributed by atoms with E-state index < -0.39 is 17.4 Å². The van der Waals surface area contributed by atoms with E-state index in [-0.39, 0.29) is 25.6 Å². The Hall–Kier alpha value is -1.88. The molecule has 1 aromatic rings. The van der Waals surface area contributed by atoms with Crippen molar-refractivity contribution >= 4 is 11.9 Å². The van der Waals surface area contributed by atoms with Gasteiger partial charge in [0.05, 0.1) is 6.61 Å². The summed E-state index contributed by atoms with van der Waals surface area (Å²) in [7, 11) is 0. The molecule has 2 N–H and O–H groups in total. The Kier molecular flexibility index (Phi) is 5.90. The van der Waals surface area contributed by atoms with Crippen LogP contribution >= 0.6 is 0 Å². The molecule has 0 spiro atoms. The van der Waals surface area contributed by atoms with Gasteiger partial charge in [-0.2, -0.15) is 0 Å². The van der Waals surface area contributed by atoms with Gasteiger partial charge in [0, 0.05) is 6.61 Å². The van der Waals surface area contributed by atoms with Crippen molar-refractivity contribution in [1.82, 2.24) is 0 Å². The summed E-state index contributed by atoms with van der Waals surface area (Å²) in [6.07, 6.45) is -0.0132. The summed E-state index contributed by atoms with van der Waals surface area (Å²) in [5.74, 6) is -2.39. The van der Waals surface area contributed by atoms with E-state index in [0.717, 1.165) is 5.56 Å². The predicted octanol–water partition coefficient (Wildman–Crippen LogP) is 1.90. The fourth-order valence-electron chi connectivity index (χ4n) is 2.30. The number of carboxylic acid groups (broad SMARTS) is 1. The molecule has 0 aliphatic rings. The second kappa shape index (κ2) is 7.22. The summed E-state index contributed by atoms with van der Waals surface area (Å²) in [6, 6.07) is 6.78. The Labute approximate surface area is 124 Å². The molecule has 0 heterocycles. The Morgan fingerprint density at radius 2 is 1.86 bits per heavy atom. The summed E-state index contributed by atoms with van der Waals surface area (Å²) >= 11 is 0. The maximum Gasteiger partial charge on any atom is 0.328 e. The molecule has 0 saturated heterocycles. The third kappa shape index (κ3) is 3.61. The molecule has 21 heavy (non-hydrogen) atoms. The van der Waals surface area contributed by atoms with Crippen LogP contribution in [0.2, 0.25) is 0 Å². The summed E-state index contributed by atoms with van der Waals surface area (Å²) in [5.41, 5.74) is -0.442. The van der Waals surface area contributed by atoms with E-state index in [0.29, 0.717) is 5.56 Å². The second-order valence-corrected chi connectivity index (χ2v) is 5.29. The van der Waals surface area contributed by atoms with Gasteiger partial charge in [0.1, 0.15) is 0 Å². The van der Waals surface area contributed by atoms with E-state index in [1.807, 2.05) is 6.92 Å². The Morgan fingerprint density at radius 3 is 2.29 bits per heavy atom. The molecule has 0 radical (unpaired) electrons. The van der Waals surface area contributed by atoms with Crippen LogP contribution in [0.3, 0.4) is 0 Å². The number of carboxylic acids is 1. The van der Waals surface area contributed by atoms with Gasteiger partial charge >= 0.3 is 11.9 Å². The van der Waals surface area contributed by atoms with Crippen LogP contribution in [0, 0.1) is 12.8 Å². The molecular weight excluding hydrogens is 272 g/mol. The molecule has 0 bridgehead atoms. The van der Waals surface area contributed by atoms with E-state index in [1.165, 1.54) is 0 Å². The van der Waals surface area contributed by atoms with Crippen molar-refractivity contribution in [3.8, 4) is 0 Å². The lowest BCUT2D eigenvalue weighted by Crippen LogP contribution is -2.46. The highest BCUT2D eigenvalue weighted by Gasteiger charge is 2.50. The average Bonchev–Trinajstić information content (AvgIpc) is 2.45. The first-order valence-electron chi connectivity index (χ1n) is 6.97. The van der Waals surface area contributed by atoms with Crippen molar-refractivity contribution in [3.05, 3.63) is 35.4 Å². The molecule has 5 nitrogen and oxygen atoms in total. The first kappa shape index (κ1) is 17.2. The van der Waals surface area contributed by atoms with Crippen molar-refractivity contribution < 1.29 is 24.5 Å². The number of carbonyl (C=O) groups is 2. The molecule has 0 amide bonds. The van der Waals surface area contributed by atoms with Gasteiger partial charge in [-0.25, -0.2) is 0 Å². The van der Waals surface area contributed by atoms with Crippen LogP contribution in [-0.2, 0) is 19.7 Å². The predicted molar refractivity (Wildman–Crippen MR) is 78.0 cm³/mol. The lowest BCUT2D eigenvalue weighted by Gasteiger charge is -2.29. The number of aliphatic hydroxyl groups excluding tert-OH is 1. The molecule has 0 aliphatic heterocycles. The van der Waals surface area contributed by atoms with E-state index >= 15 is 0 Å². The normalized spacial score (nSPS) is 15.0. The number of ether oxygens (including phenoxy) is 1. The quantitative estimate of drug-likeness (QED) is 0.592. The molecule has 0 aliphatic carbocycles. The van der Waals surface area contributed by atoms with Crippen LogP contribution in [0.4, 0.5) is 0 Å². The number of aryl methyl sites for hydroxylation is 1. The monoisotopic (exact) mass is 294 g/mol. The van der Waals surface area contributed by atoms with Crippen LogP contribution in [0.1, 0.15) is 31.4 Å². The highest BCUT2D eigenvalue weighted by molar-refractivity contribution is 6.05. The minimum atomic E-state index is -1.79. The van der Waals surface area contributed by atoms with Gasteiger partial charge in [-0.3, -0.25) is 9.59 Å². The van der Waals surface area contributed by atoms with Gasteiger partial charge in [0.25, 0.3) is 0 Å². The summed E-state index contributed by atoms with van der Waals surface area (Å²) in [6.45, 7) is 5.13. The zero-order valence-electron chi connectivity index (χ0n) is 12.6. The van der Waals surface area contributed by atoms with Gasteiger partial charge in [-0.05, 0) is 31.7 Å². The van der Waals surface area contributed by atoms with Crippen molar-refractivity contribution in [2.45, 2.75) is 32.6 Å². The van der Waals surface area contributed by atoms with Crippen molar-refractivity contribution in [2.24, 2.45) is 5.92 Å². The Bertz CT molecular complexity index is 494. The van der Waals surface area contributed by atoms with Gasteiger partial charge in [0.15, 0.2) is 5.41 Å². The molecule has 0 aromatic heterocycles. The largest absolute Gasteiger partial charge is 0.480 e. The van der Waals surface area contributed by atoms with Crippen molar-refractivity contribution in [3.63, 3.8) is 0 Å². The van der Waals surface area contributed by atoms with Crippen LogP contribution in [-0.4, -0.2) is 35.4 Å². The smallest absolute Gasteiger partial charge is 0.328 e. The lowest BCUT2D eigenvalue weighted by atomic mass is 9.74. The van der Waals surface area contributed by atoms with Gasteiger partial charge in [-0.15, -0.1) is 0 Å². The first-order valence-corrected chi connectivity index (χ1v) is 6.97. The number of aliphatic carboxylic acids is 1. The number of hydrogen-bond donors (Lipinski definition) is 2. The van der Waals surface area contributed by atoms with Crippen molar-refractivity contribution in [1.29, 1.82) is 0 Å². The van der Waals surface area contributed by atoms with E-state index in [2.05, 4.69) is 0 Å². The molecule has 0 saturated carbocycles. The fourth-order valence-corrected chi connectivity index (χ4v) is 2.30. The Morgan fingerprint density at radius 1 is 1.29 bits per heavy atom. The van der Waals surface area contributed by atoms with Gasteiger partial charge in [0.2, 0.25) is 0 Å². The highest BCUT2D eigenvalue weighted by Crippen LogP contribution is 2.34. The molecule has 116 valence electrons. The highest BCUT2D eigenvalue weighted by atomic mass is 16.5. The zero-order valence-corrected chi connectivity index (χ0v) is 12.6. The maximum atomic E-state index is 12.4. The third-order valence-corrected chi connectivity index (χ3v) is 3.50. The van der Waals surface area contributed by atoms with Crippen LogP contribution in [0.5, 0.6) is 0 Å². The molecule has 1 aromatic carbocycles. The van der Waals surface area contributed by atoms with Crippen molar-refractivity contribution in [2.75, 3.05) is 13.2 Å². The lowest BCUT2D eigenvalue weighted by molar-refractivity contribution is -0.162. The molecular formula is C16H22O5. The average molecular weight is 294 g/mol. The number of aliphatic hydroxyl groups is 1. The van der Waals surface area contributed by atoms with Gasteiger partial charge in [-0.1, -0.05) is 36.8 Å². The first-order chi connectivity index (χ1) is 9.88. The molecule has 2 atom stereocenters. The Balaban J connectivity index is 3.39. The van der Waals surface area contributed by atoms with E-state index in [4.69, 9.17) is 4.74 Å². The van der Waals surface area contributed by atoms with Gasteiger partial charge < -0.3 is 14.9 Å². The number of rotatable bonds is 7. The number of hydrogen-bond acceptors (Lipinski definition) is 4. The minimum Gasteiger partial charge on any atom is -0.480 e. The van der Waals surface area contributed by atoms with E-state index in [1.54, 1.807) is 38.1 Å². The summed E-state index contributed by atoms with van der Waals surface area (Å²) in [5, 5.41) is 18.9. The second-order valence-electron chi connectivity index (χ2n) is 5.29. The molecule has 2 unspecified atom stereocenters. The summed E-state index contributed by atoms with van der Waals surface area (Å²) in [4.78, 5) is 24.3. The summed E-state index contributed by atoms with van der Waals surface area (Å²) < 4.78 is 5.00. The molecule has 0 fully saturated rings. The minimum absolute atomic E-state index is 0.0132. The van der Waals surface area contributed by atoms with E-state index in [9.17, 15) is 19.8 Å². The molecule has 1 rings (SSSR count). The van der Waals surface area contributed by atoms with Crippen LogP contribution in [0.25, 0.3) is 0 Å². The maximum absolute atomic E-state index is 12.4. The zero-order chi connectivity index (χ0) is 16.0. The van der Waals surface area contributed by atoms with Crippen LogP contribution < -0.4 is 0 Å². The molecule has 5 heteroatoms. The van der Waals surface area contributed by atoms with Crippen LogP contribution in [0.15, 0.2) is 24.3 Å². The fraction of sp³-hybridized carbons (Fsp3) is 0.500. The number of benzene rings is 1. The topological polar surface area (TPSA) is 83.8 Å². The number of carbonyl (C=O) groups excluding carboxylic acids is 1.